The molecule has 5 nitrogen and oxygen atoms in total. The van der Waals surface area contributed by atoms with Gasteiger partial charge in [0.15, 0.2) is 5.79 Å². The Kier molecular flexibility index (Phi) is 4.40. The highest BCUT2D eigenvalue weighted by atomic mass is 35.5. The molecular weight excluding hydrogens is 389 g/mol. The van der Waals surface area contributed by atoms with Gasteiger partial charge in [0.1, 0.15) is 29.6 Å². The molecule has 2 fully saturated rings. The summed E-state index contributed by atoms with van der Waals surface area (Å²) in [7, 11) is 0. The molecule has 0 amide bonds. The van der Waals surface area contributed by atoms with E-state index in [9.17, 15) is 5.11 Å². The number of aromatic nitrogens is 1. The first-order chi connectivity index (χ1) is 11.8. The highest BCUT2D eigenvalue weighted by Crippen LogP contribution is 2.47. The minimum absolute atomic E-state index is 0.166. The lowest BCUT2D eigenvalue weighted by Gasteiger charge is -2.24. The van der Waals surface area contributed by atoms with Crippen LogP contribution in [0.25, 0.3) is 10.9 Å². The van der Waals surface area contributed by atoms with Crippen molar-refractivity contribution in [2.24, 2.45) is 0 Å². The van der Waals surface area contributed by atoms with E-state index in [2.05, 4.69) is 4.98 Å². The van der Waals surface area contributed by atoms with Crippen LogP contribution in [0, 0.1) is 0 Å². The topological polar surface area (TPSA) is 60.8 Å². The maximum absolute atomic E-state index is 9.66. The quantitative estimate of drug-likeness (QED) is 0.762. The van der Waals surface area contributed by atoms with E-state index in [-0.39, 0.29) is 18.8 Å². The van der Waals surface area contributed by atoms with Gasteiger partial charge in [0.05, 0.1) is 22.2 Å². The molecular formula is C17H16Cl3NO4. The van der Waals surface area contributed by atoms with E-state index in [0.717, 1.165) is 10.9 Å². The van der Waals surface area contributed by atoms with E-state index in [1.807, 2.05) is 13.8 Å². The second kappa shape index (κ2) is 6.20. The third-order valence-electron chi connectivity index (χ3n) is 4.49. The average Bonchev–Trinajstić information content (AvgIpc) is 3.01. The molecule has 1 aromatic heterocycles. The first kappa shape index (κ1) is 17.7. The van der Waals surface area contributed by atoms with E-state index in [1.54, 1.807) is 18.2 Å². The summed E-state index contributed by atoms with van der Waals surface area (Å²) in [5.41, 5.74) is 1.39. The van der Waals surface area contributed by atoms with Crippen LogP contribution in [0.4, 0.5) is 0 Å². The standard InChI is InChI=1S/C17H16Cl3NO4/c1-17(2)24-15-12(6-22)23-14(16(15)25-17)8-4-13(20)21-11-5-10(19)9(18)3-7(8)11/h3-5,12,14-16,22H,6H2,1-2H3/t12-,14-,15-,16+/m1/s1. The fraction of sp³-hybridized carbons (Fsp3) is 0.471. The average molecular weight is 405 g/mol. The summed E-state index contributed by atoms with van der Waals surface area (Å²) >= 11 is 18.5. The van der Waals surface area contributed by atoms with Crippen molar-refractivity contribution in [2.45, 2.75) is 44.1 Å². The first-order valence-electron chi connectivity index (χ1n) is 7.86. The summed E-state index contributed by atoms with van der Waals surface area (Å²) in [6.07, 6.45) is -1.69. The number of aliphatic hydroxyl groups is 1. The minimum Gasteiger partial charge on any atom is -0.394 e. The van der Waals surface area contributed by atoms with Crippen molar-refractivity contribution in [1.29, 1.82) is 0 Å². The van der Waals surface area contributed by atoms with E-state index < -0.39 is 18.0 Å². The Morgan fingerprint density at radius 1 is 1.08 bits per heavy atom. The number of fused-ring (bicyclic) bond motifs is 2. The van der Waals surface area contributed by atoms with E-state index in [4.69, 9.17) is 49.0 Å². The SMILES string of the molecule is CC1(C)O[C@@H]2[C@H](O1)[C@@H](CO)O[C@@H]2c1cc(Cl)nc2cc(Cl)c(Cl)cc12. The summed E-state index contributed by atoms with van der Waals surface area (Å²) < 4.78 is 18.0. The Morgan fingerprint density at radius 2 is 1.76 bits per heavy atom. The van der Waals surface area contributed by atoms with Crippen LogP contribution < -0.4 is 0 Å². The lowest BCUT2D eigenvalue weighted by atomic mass is 9.98. The molecule has 1 aromatic carbocycles. The van der Waals surface area contributed by atoms with E-state index in [0.29, 0.717) is 20.7 Å². The molecule has 0 aliphatic carbocycles. The van der Waals surface area contributed by atoms with Crippen molar-refractivity contribution in [2.75, 3.05) is 6.61 Å². The number of halogens is 3. The Balaban J connectivity index is 1.85. The highest BCUT2D eigenvalue weighted by molar-refractivity contribution is 6.42. The highest BCUT2D eigenvalue weighted by Gasteiger charge is 2.55. The molecule has 0 radical (unpaired) electrons. The Labute approximate surface area is 159 Å². The van der Waals surface area contributed by atoms with E-state index in [1.165, 1.54) is 0 Å². The number of pyridine rings is 1. The Hall–Kier alpha value is -0.660. The number of rotatable bonds is 2. The molecule has 0 unspecified atom stereocenters. The van der Waals surface area contributed by atoms with Gasteiger partial charge in [-0.2, -0.15) is 0 Å². The molecule has 0 saturated carbocycles. The zero-order valence-electron chi connectivity index (χ0n) is 13.5. The van der Waals surface area contributed by atoms with Gasteiger partial charge in [0.2, 0.25) is 0 Å². The van der Waals surface area contributed by atoms with Gasteiger partial charge >= 0.3 is 0 Å². The fourth-order valence-electron chi connectivity index (χ4n) is 3.53. The number of ether oxygens (including phenoxy) is 3. The molecule has 2 aromatic rings. The van der Waals surface area contributed by atoms with Gasteiger partial charge in [-0.05, 0) is 37.6 Å². The van der Waals surface area contributed by atoms with Gasteiger partial charge in [-0.15, -0.1) is 0 Å². The monoisotopic (exact) mass is 403 g/mol. The summed E-state index contributed by atoms with van der Waals surface area (Å²) in [5, 5.41) is 11.6. The smallest absolute Gasteiger partial charge is 0.164 e. The molecule has 4 rings (SSSR count). The van der Waals surface area contributed by atoms with Gasteiger partial charge < -0.3 is 19.3 Å². The van der Waals surface area contributed by atoms with Crippen molar-refractivity contribution in [3.8, 4) is 0 Å². The largest absolute Gasteiger partial charge is 0.394 e. The predicted octanol–water partition coefficient (Wildman–Crippen LogP) is 4.15. The molecule has 8 heteroatoms. The van der Waals surface area contributed by atoms with Crippen molar-refractivity contribution in [3.05, 3.63) is 39.0 Å². The van der Waals surface area contributed by atoms with Crippen molar-refractivity contribution < 1.29 is 19.3 Å². The fourth-order valence-corrected chi connectivity index (χ4v) is 4.06. The molecule has 2 aliphatic heterocycles. The zero-order valence-corrected chi connectivity index (χ0v) is 15.8. The molecule has 25 heavy (non-hydrogen) atoms. The second-order valence-corrected chi connectivity index (χ2v) is 7.86. The predicted molar refractivity (Wildman–Crippen MR) is 95.3 cm³/mol. The van der Waals surface area contributed by atoms with Crippen LogP contribution in [0.1, 0.15) is 25.5 Å². The Morgan fingerprint density at radius 3 is 2.48 bits per heavy atom. The lowest BCUT2D eigenvalue weighted by Crippen LogP contribution is -2.31. The Bertz CT molecular complexity index is 844. The lowest BCUT2D eigenvalue weighted by molar-refractivity contribution is -0.190. The van der Waals surface area contributed by atoms with E-state index >= 15 is 0 Å². The van der Waals surface area contributed by atoms with Crippen LogP contribution in [-0.4, -0.2) is 40.8 Å². The van der Waals surface area contributed by atoms with Crippen LogP contribution in [0.15, 0.2) is 18.2 Å². The maximum Gasteiger partial charge on any atom is 0.164 e. The molecule has 0 spiro atoms. The summed E-state index contributed by atoms with van der Waals surface area (Å²) in [4.78, 5) is 4.31. The number of hydrogen-bond donors (Lipinski definition) is 1. The van der Waals surface area contributed by atoms with Crippen LogP contribution in [0.3, 0.4) is 0 Å². The van der Waals surface area contributed by atoms with Gasteiger partial charge in [-0.25, -0.2) is 4.98 Å². The van der Waals surface area contributed by atoms with Gasteiger partial charge in [-0.1, -0.05) is 34.8 Å². The van der Waals surface area contributed by atoms with Crippen LogP contribution in [0.5, 0.6) is 0 Å². The van der Waals surface area contributed by atoms with Gasteiger partial charge in [-0.3, -0.25) is 0 Å². The molecule has 3 heterocycles. The normalized spacial score (nSPS) is 30.8. The summed E-state index contributed by atoms with van der Waals surface area (Å²) in [6.45, 7) is 3.51. The molecule has 4 atom stereocenters. The van der Waals surface area contributed by atoms with Crippen LogP contribution in [0.2, 0.25) is 15.2 Å². The van der Waals surface area contributed by atoms with Crippen molar-refractivity contribution >= 4 is 45.7 Å². The molecule has 0 bridgehead atoms. The van der Waals surface area contributed by atoms with Gasteiger partial charge in [0.25, 0.3) is 0 Å². The molecule has 134 valence electrons. The summed E-state index contributed by atoms with van der Waals surface area (Å²) in [6, 6.07) is 5.13. The second-order valence-electron chi connectivity index (χ2n) is 6.66. The third-order valence-corrected chi connectivity index (χ3v) is 5.40. The number of aliphatic hydroxyl groups excluding tert-OH is 1. The number of hydrogen-bond acceptors (Lipinski definition) is 5. The minimum atomic E-state index is -0.752. The zero-order chi connectivity index (χ0) is 17.9. The first-order valence-corrected chi connectivity index (χ1v) is 8.99. The third kappa shape index (κ3) is 3.02. The van der Waals surface area contributed by atoms with Crippen LogP contribution in [-0.2, 0) is 14.2 Å². The van der Waals surface area contributed by atoms with Gasteiger partial charge in [0, 0.05) is 5.39 Å². The summed E-state index contributed by atoms with van der Waals surface area (Å²) in [5.74, 6) is -0.752. The molecule has 2 saturated heterocycles. The van der Waals surface area contributed by atoms with Crippen molar-refractivity contribution in [3.63, 3.8) is 0 Å². The number of nitrogens with zero attached hydrogens (tertiary/aromatic N) is 1. The molecule has 1 N–H and O–H groups in total. The van der Waals surface area contributed by atoms with Crippen molar-refractivity contribution in [1.82, 2.24) is 4.98 Å². The number of benzene rings is 1. The molecule has 2 aliphatic rings. The van der Waals surface area contributed by atoms with Crippen LogP contribution >= 0.6 is 34.8 Å². The maximum atomic E-state index is 9.66.